The Labute approximate surface area is 214 Å². The molecular formula is C33H22N4. The molecule has 0 radical (unpaired) electrons. The zero-order valence-electron chi connectivity index (χ0n) is 20.0. The fourth-order valence-electron chi connectivity index (χ4n) is 4.79. The number of benzene rings is 5. The van der Waals surface area contributed by atoms with Crippen LogP contribution in [0.15, 0.2) is 127 Å². The Balaban J connectivity index is 1.36. The highest BCUT2D eigenvalue weighted by Crippen LogP contribution is 2.31. The van der Waals surface area contributed by atoms with E-state index in [0.717, 1.165) is 33.3 Å². The number of rotatable bonds is 4. The van der Waals surface area contributed by atoms with Gasteiger partial charge in [0.05, 0.1) is 0 Å². The Bertz CT molecular complexity index is 1850. The number of aromatic amines is 1. The van der Waals surface area contributed by atoms with Gasteiger partial charge in [0, 0.05) is 38.5 Å². The number of nitrogens with one attached hydrogen (secondary N) is 1. The van der Waals surface area contributed by atoms with Crippen molar-refractivity contribution in [2.45, 2.75) is 0 Å². The molecule has 37 heavy (non-hydrogen) atoms. The van der Waals surface area contributed by atoms with E-state index in [-0.39, 0.29) is 0 Å². The van der Waals surface area contributed by atoms with Gasteiger partial charge in [-0.15, -0.1) is 0 Å². The van der Waals surface area contributed by atoms with E-state index in [2.05, 4.69) is 89.9 Å². The molecule has 2 aromatic heterocycles. The van der Waals surface area contributed by atoms with E-state index in [1.165, 1.54) is 16.3 Å². The smallest absolute Gasteiger partial charge is 0.164 e. The van der Waals surface area contributed by atoms with Gasteiger partial charge in [0.25, 0.3) is 0 Å². The van der Waals surface area contributed by atoms with Crippen LogP contribution in [0, 0.1) is 0 Å². The van der Waals surface area contributed by atoms with Gasteiger partial charge in [-0.05, 0) is 23.3 Å². The SMILES string of the molecule is c1ccc(-c2ccc(-c3nc(-c4ccccc4)nc(-c4ccc5c(c4)[nH]c4ccccc45)n3)cc2)cc1. The van der Waals surface area contributed by atoms with Crippen molar-refractivity contribution in [1.82, 2.24) is 19.9 Å². The summed E-state index contributed by atoms with van der Waals surface area (Å²) < 4.78 is 0. The molecule has 7 rings (SSSR count). The van der Waals surface area contributed by atoms with E-state index in [0.29, 0.717) is 17.5 Å². The van der Waals surface area contributed by atoms with Gasteiger partial charge in [-0.2, -0.15) is 0 Å². The first-order valence-electron chi connectivity index (χ1n) is 12.3. The molecule has 0 unspecified atom stereocenters. The third kappa shape index (κ3) is 3.95. The summed E-state index contributed by atoms with van der Waals surface area (Å²) in [6.45, 7) is 0. The molecule has 0 amide bonds. The Hall–Kier alpha value is -5.09. The predicted molar refractivity (Wildman–Crippen MR) is 151 cm³/mol. The molecule has 174 valence electrons. The van der Waals surface area contributed by atoms with Crippen LogP contribution in [0.3, 0.4) is 0 Å². The van der Waals surface area contributed by atoms with E-state index in [1.807, 2.05) is 42.5 Å². The second-order valence-corrected chi connectivity index (χ2v) is 9.05. The molecule has 0 spiro atoms. The van der Waals surface area contributed by atoms with Crippen molar-refractivity contribution >= 4 is 21.8 Å². The van der Waals surface area contributed by atoms with Crippen LogP contribution in [-0.4, -0.2) is 19.9 Å². The summed E-state index contributed by atoms with van der Waals surface area (Å²) in [5, 5.41) is 2.40. The van der Waals surface area contributed by atoms with Gasteiger partial charge in [0.1, 0.15) is 0 Å². The number of nitrogens with zero attached hydrogens (tertiary/aromatic N) is 3. The molecule has 0 aliphatic rings. The highest BCUT2D eigenvalue weighted by Gasteiger charge is 2.14. The summed E-state index contributed by atoms with van der Waals surface area (Å²) >= 11 is 0. The quantitative estimate of drug-likeness (QED) is 0.280. The fourth-order valence-corrected chi connectivity index (χ4v) is 4.79. The molecule has 0 aliphatic carbocycles. The maximum atomic E-state index is 4.93. The van der Waals surface area contributed by atoms with Crippen molar-refractivity contribution in [2.24, 2.45) is 0 Å². The third-order valence-corrected chi connectivity index (χ3v) is 6.68. The molecule has 7 aromatic rings. The Morgan fingerprint density at radius 2 is 0.811 bits per heavy atom. The number of para-hydroxylation sites is 1. The Morgan fingerprint density at radius 1 is 0.351 bits per heavy atom. The maximum Gasteiger partial charge on any atom is 0.164 e. The average molecular weight is 475 g/mol. The molecular weight excluding hydrogens is 452 g/mol. The summed E-state index contributed by atoms with van der Waals surface area (Å²) in [6.07, 6.45) is 0. The minimum Gasteiger partial charge on any atom is -0.354 e. The molecule has 0 bridgehead atoms. The topological polar surface area (TPSA) is 54.5 Å². The third-order valence-electron chi connectivity index (χ3n) is 6.68. The van der Waals surface area contributed by atoms with E-state index in [4.69, 9.17) is 15.0 Å². The molecule has 0 saturated carbocycles. The maximum absolute atomic E-state index is 4.93. The van der Waals surface area contributed by atoms with Crippen LogP contribution < -0.4 is 0 Å². The van der Waals surface area contributed by atoms with Gasteiger partial charge in [-0.1, -0.05) is 115 Å². The molecule has 1 N–H and O–H groups in total. The Morgan fingerprint density at radius 3 is 1.51 bits per heavy atom. The normalized spacial score (nSPS) is 11.2. The molecule has 0 saturated heterocycles. The van der Waals surface area contributed by atoms with Crippen LogP contribution in [0.5, 0.6) is 0 Å². The number of aromatic nitrogens is 4. The van der Waals surface area contributed by atoms with Crippen molar-refractivity contribution in [3.63, 3.8) is 0 Å². The minimum atomic E-state index is 0.650. The van der Waals surface area contributed by atoms with Crippen LogP contribution in [0.4, 0.5) is 0 Å². The summed E-state index contributed by atoms with van der Waals surface area (Å²) in [5.74, 6) is 1.96. The fraction of sp³-hybridized carbons (Fsp3) is 0. The van der Waals surface area contributed by atoms with Crippen molar-refractivity contribution in [2.75, 3.05) is 0 Å². The van der Waals surface area contributed by atoms with Crippen LogP contribution >= 0.6 is 0 Å². The van der Waals surface area contributed by atoms with Crippen molar-refractivity contribution in [3.05, 3.63) is 127 Å². The number of H-pyrrole nitrogens is 1. The molecule has 0 aliphatic heterocycles. The Kier molecular flexibility index (Phi) is 5.07. The van der Waals surface area contributed by atoms with Crippen LogP contribution in [0.1, 0.15) is 0 Å². The summed E-state index contributed by atoms with van der Waals surface area (Å²) in [6, 6.07) is 43.5. The van der Waals surface area contributed by atoms with Crippen molar-refractivity contribution in [3.8, 4) is 45.3 Å². The van der Waals surface area contributed by atoms with Crippen molar-refractivity contribution < 1.29 is 0 Å². The lowest BCUT2D eigenvalue weighted by Crippen LogP contribution is -2.00. The second-order valence-electron chi connectivity index (χ2n) is 9.05. The van der Waals surface area contributed by atoms with E-state index < -0.39 is 0 Å². The van der Waals surface area contributed by atoms with Crippen LogP contribution in [-0.2, 0) is 0 Å². The molecule has 4 heteroatoms. The minimum absolute atomic E-state index is 0.650. The lowest BCUT2D eigenvalue weighted by atomic mass is 10.0. The lowest BCUT2D eigenvalue weighted by Gasteiger charge is -2.09. The van der Waals surface area contributed by atoms with Gasteiger partial charge >= 0.3 is 0 Å². The second kappa shape index (κ2) is 8.85. The van der Waals surface area contributed by atoms with E-state index in [9.17, 15) is 0 Å². The zero-order valence-corrected chi connectivity index (χ0v) is 20.0. The summed E-state index contributed by atoms with van der Waals surface area (Å²) in [7, 11) is 0. The van der Waals surface area contributed by atoms with Crippen molar-refractivity contribution in [1.29, 1.82) is 0 Å². The van der Waals surface area contributed by atoms with Crippen LogP contribution in [0.25, 0.3) is 67.1 Å². The predicted octanol–water partition coefficient (Wildman–Crippen LogP) is 8.17. The van der Waals surface area contributed by atoms with Gasteiger partial charge in [-0.3, -0.25) is 0 Å². The van der Waals surface area contributed by atoms with E-state index >= 15 is 0 Å². The molecule has 0 fully saturated rings. The number of fused-ring (bicyclic) bond motifs is 3. The first-order valence-corrected chi connectivity index (χ1v) is 12.3. The largest absolute Gasteiger partial charge is 0.354 e. The number of hydrogen-bond donors (Lipinski definition) is 1. The van der Waals surface area contributed by atoms with Gasteiger partial charge in [-0.25, -0.2) is 15.0 Å². The lowest BCUT2D eigenvalue weighted by molar-refractivity contribution is 1.07. The van der Waals surface area contributed by atoms with E-state index in [1.54, 1.807) is 0 Å². The average Bonchev–Trinajstić information content (AvgIpc) is 3.36. The molecule has 5 aromatic carbocycles. The molecule has 0 atom stereocenters. The van der Waals surface area contributed by atoms with Gasteiger partial charge in [0.2, 0.25) is 0 Å². The highest BCUT2D eigenvalue weighted by atomic mass is 15.0. The van der Waals surface area contributed by atoms with Gasteiger partial charge < -0.3 is 4.98 Å². The zero-order chi connectivity index (χ0) is 24.6. The van der Waals surface area contributed by atoms with Gasteiger partial charge in [0.15, 0.2) is 17.5 Å². The molecule has 4 nitrogen and oxygen atoms in total. The monoisotopic (exact) mass is 474 g/mol. The summed E-state index contributed by atoms with van der Waals surface area (Å²) in [4.78, 5) is 18.2. The first kappa shape index (κ1) is 21.2. The highest BCUT2D eigenvalue weighted by molar-refractivity contribution is 6.08. The first-order chi connectivity index (χ1) is 18.3. The van der Waals surface area contributed by atoms with Crippen LogP contribution in [0.2, 0.25) is 0 Å². The standard InChI is InChI=1S/C33H22N4/c1-3-9-22(10-4-1)23-15-17-25(18-16-23)32-35-31(24-11-5-2-6-12-24)36-33(37-32)26-19-20-28-27-13-7-8-14-29(27)34-30(28)21-26/h1-21,34H. The summed E-state index contributed by atoms with van der Waals surface area (Å²) in [5.41, 5.74) is 7.38. The number of hydrogen-bond acceptors (Lipinski definition) is 3. The molecule has 2 heterocycles.